The summed E-state index contributed by atoms with van der Waals surface area (Å²) in [6.07, 6.45) is 28.2. The molecule has 0 amide bonds. The van der Waals surface area contributed by atoms with Gasteiger partial charge in [0.15, 0.2) is 0 Å². The van der Waals surface area contributed by atoms with E-state index in [1.54, 1.807) is 0 Å². The summed E-state index contributed by atoms with van der Waals surface area (Å²) in [6, 6.07) is 20.8. The van der Waals surface area contributed by atoms with E-state index in [1.165, 1.54) is 140 Å². The molecule has 2 aromatic carbocycles. The standard InChI is InChI=1S/C24H50O.C12H10.H3N/c1-3-5-7-9-11-13-15-17-19-21-23-25-24-22-20-18-16-14-12-10-8-6-4-2;1-3-7-11(8-4-1)12-9-5-2-6-10-12;/h3-24H2,1-2H3;1-10H;1H3. The third kappa shape index (κ3) is 23.5. The van der Waals surface area contributed by atoms with Crippen LogP contribution in [-0.4, -0.2) is 13.2 Å². The van der Waals surface area contributed by atoms with Crippen molar-refractivity contribution in [3.8, 4) is 11.1 Å². The summed E-state index contributed by atoms with van der Waals surface area (Å²) >= 11 is 0. The average Bonchev–Trinajstić information content (AvgIpc) is 2.95. The van der Waals surface area contributed by atoms with Gasteiger partial charge < -0.3 is 10.9 Å². The van der Waals surface area contributed by atoms with E-state index in [-0.39, 0.29) is 6.15 Å². The summed E-state index contributed by atoms with van der Waals surface area (Å²) in [4.78, 5) is 0. The molecular weight excluding hydrogens is 462 g/mol. The maximum Gasteiger partial charge on any atom is 0.0466 e. The van der Waals surface area contributed by atoms with E-state index >= 15 is 0 Å². The third-order valence-electron chi connectivity index (χ3n) is 7.17. The lowest BCUT2D eigenvalue weighted by atomic mass is 10.1. The summed E-state index contributed by atoms with van der Waals surface area (Å²) in [5.41, 5.74) is 2.55. The van der Waals surface area contributed by atoms with Gasteiger partial charge in [-0.2, -0.15) is 0 Å². The van der Waals surface area contributed by atoms with Gasteiger partial charge in [-0.15, -0.1) is 0 Å². The Labute approximate surface area is 238 Å². The van der Waals surface area contributed by atoms with E-state index in [4.69, 9.17) is 4.74 Å². The van der Waals surface area contributed by atoms with Crippen molar-refractivity contribution < 1.29 is 4.74 Å². The highest BCUT2D eigenvalue weighted by Gasteiger charge is 1.95. The van der Waals surface area contributed by atoms with Crippen LogP contribution in [0.15, 0.2) is 60.7 Å². The molecule has 0 bridgehead atoms. The molecule has 218 valence electrons. The molecule has 0 saturated carbocycles. The fraction of sp³-hybridized carbons (Fsp3) is 0.667. The molecular formula is C36H63NO. The number of hydrogen-bond donors (Lipinski definition) is 1. The first-order valence-electron chi connectivity index (χ1n) is 16.1. The molecule has 0 aliphatic carbocycles. The lowest BCUT2D eigenvalue weighted by molar-refractivity contribution is 0.125. The van der Waals surface area contributed by atoms with Gasteiger partial charge in [-0.05, 0) is 24.0 Å². The molecule has 0 radical (unpaired) electrons. The monoisotopic (exact) mass is 525 g/mol. The number of rotatable bonds is 23. The van der Waals surface area contributed by atoms with Crippen molar-refractivity contribution in [2.24, 2.45) is 0 Å². The fourth-order valence-electron chi connectivity index (χ4n) is 4.75. The van der Waals surface area contributed by atoms with Gasteiger partial charge >= 0.3 is 0 Å². The first-order chi connectivity index (χ1) is 18.4. The van der Waals surface area contributed by atoms with Crippen LogP contribution in [0.2, 0.25) is 0 Å². The molecule has 0 atom stereocenters. The second-order valence-corrected chi connectivity index (χ2v) is 10.7. The Morgan fingerprint density at radius 1 is 0.368 bits per heavy atom. The second-order valence-electron chi connectivity index (χ2n) is 10.7. The lowest BCUT2D eigenvalue weighted by Crippen LogP contribution is -1.97. The van der Waals surface area contributed by atoms with Crippen LogP contribution in [0.1, 0.15) is 142 Å². The van der Waals surface area contributed by atoms with Crippen LogP contribution in [0.5, 0.6) is 0 Å². The highest BCUT2D eigenvalue weighted by molar-refractivity contribution is 5.62. The molecule has 2 rings (SSSR count). The SMILES string of the molecule is CCCCCCCCCCCCOCCCCCCCCCCCC.N.c1ccc(-c2ccccc2)cc1. The summed E-state index contributed by atoms with van der Waals surface area (Å²) in [7, 11) is 0. The van der Waals surface area contributed by atoms with Gasteiger partial charge in [0.2, 0.25) is 0 Å². The van der Waals surface area contributed by atoms with Crippen LogP contribution in [0.3, 0.4) is 0 Å². The molecule has 0 unspecified atom stereocenters. The Morgan fingerprint density at radius 2 is 0.632 bits per heavy atom. The van der Waals surface area contributed by atoms with Crippen LogP contribution >= 0.6 is 0 Å². The van der Waals surface area contributed by atoms with E-state index in [9.17, 15) is 0 Å². The van der Waals surface area contributed by atoms with Crippen LogP contribution in [0.4, 0.5) is 0 Å². The Morgan fingerprint density at radius 3 is 0.921 bits per heavy atom. The molecule has 0 aliphatic heterocycles. The van der Waals surface area contributed by atoms with E-state index in [0.717, 1.165) is 13.2 Å². The molecule has 2 heteroatoms. The van der Waals surface area contributed by atoms with E-state index < -0.39 is 0 Å². The topological polar surface area (TPSA) is 44.2 Å². The number of ether oxygens (including phenoxy) is 1. The van der Waals surface area contributed by atoms with Gasteiger partial charge in [0.05, 0.1) is 0 Å². The van der Waals surface area contributed by atoms with Crippen molar-refractivity contribution in [3.05, 3.63) is 60.7 Å². The third-order valence-corrected chi connectivity index (χ3v) is 7.17. The van der Waals surface area contributed by atoms with Crippen molar-refractivity contribution in [2.45, 2.75) is 142 Å². The maximum atomic E-state index is 5.78. The zero-order chi connectivity index (χ0) is 26.5. The molecule has 38 heavy (non-hydrogen) atoms. The largest absolute Gasteiger partial charge is 0.381 e. The van der Waals surface area contributed by atoms with E-state index in [1.807, 2.05) is 12.1 Å². The quantitative estimate of drug-likeness (QED) is 0.147. The summed E-state index contributed by atoms with van der Waals surface area (Å²) in [5.74, 6) is 0. The van der Waals surface area contributed by atoms with Gasteiger partial charge in [-0.1, -0.05) is 190 Å². The average molecular weight is 526 g/mol. The van der Waals surface area contributed by atoms with Crippen LogP contribution in [0.25, 0.3) is 11.1 Å². The summed E-state index contributed by atoms with van der Waals surface area (Å²) in [6.45, 7) is 6.57. The van der Waals surface area contributed by atoms with Crippen molar-refractivity contribution in [1.29, 1.82) is 0 Å². The van der Waals surface area contributed by atoms with Gasteiger partial charge in [0, 0.05) is 13.2 Å². The first kappa shape index (κ1) is 36.4. The zero-order valence-electron chi connectivity index (χ0n) is 25.4. The molecule has 0 aliphatic rings. The van der Waals surface area contributed by atoms with Crippen LogP contribution < -0.4 is 6.15 Å². The van der Waals surface area contributed by atoms with E-state index in [0.29, 0.717) is 0 Å². The van der Waals surface area contributed by atoms with Gasteiger partial charge in [-0.3, -0.25) is 0 Å². The maximum absolute atomic E-state index is 5.78. The summed E-state index contributed by atoms with van der Waals surface area (Å²) in [5, 5.41) is 0. The minimum absolute atomic E-state index is 0. The minimum atomic E-state index is 0. The van der Waals surface area contributed by atoms with Gasteiger partial charge in [0.1, 0.15) is 0 Å². The normalized spacial score (nSPS) is 10.5. The molecule has 2 aromatic rings. The highest BCUT2D eigenvalue weighted by Crippen LogP contribution is 2.17. The van der Waals surface area contributed by atoms with Gasteiger partial charge in [-0.25, -0.2) is 0 Å². The molecule has 0 heterocycles. The molecule has 0 spiro atoms. The number of unbranched alkanes of at least 4 members (excludes halogenated alkanes) is 18. The minimum Gasteiger partial charge on any atom is -0.381 e. The molecule has 0 aromatic heterocycles. The lowest BCUT2D eigenvalue weighted by Gasteiger charge is -2.05. The predicted octanol–water partition coefficient (Wildman–Crippen LogP) is 12.4. The number of hydrogen-bond acceptors (Lipinski definition) is 2. The van der Waals surface area contributed by atoms with Crippen LogP contribution in [0, 0.1) is 0 Å². The predicted molar refractivity (Wildman–Crippen MR) is 171 cm³/mol. The Bertz CT molecular complexity index is 613. The number of benzene rings is 2. The van der Waals surface area contributed by atoms with Crippen LogP contribution in [-0.2, 0) is 4.74 Å². The zero-order valence-corrected chi connectivity index (χ0v) is 25.4. The van der Waals surface area contributed by atoms with Gasteiger partial charge in [0.25, 0.3) is 0 Å². The molecule has 0 saturated heterocycles. The second kappa shape index (κ2) is 29.9. The Kier molecular flexibility index (Phi) is 28.6. The van der Waals surface area contributed by atoms with Crippen molar-refractivity contribution in [3.63, 3.8) is 0 Å². The smallest absolute Gasteiger partial charge is 0.0466 e. The Balaban J connectivity index is 0.000000868. The van der Waals surface area contributed by atoms with Crippen molar-refractivity contribution >= 4 is 0 Å². The Hall–Kier alpha value is -1.64. The molecule has 2 nitrogen and oxygen atoms in total. The summed E-state index contributed by atoms with van der Waals surface area (Å²) < 4.78 is 5.78. The first-order valence-corrected chi connectivity index (χ1v) is 16.1. The van der Waals surface area contributed by atoms with Crippen molar-refractivity contribution in [2.75, 3.05) is 13.2 Å². The highest BCUT2D eigenvalue weighted by atomic mass is 16.5. The van der Waals surface area contributed by atoms with E-state index in [2.05, 4.69) is 62.4 Å². The molecule has 0 fully saturated rings. The fourth-order valence-corrected chi connectivity index (χ4v) is 4.75. The molecule has 3 N–H and O–H groups in total. The van der Waals surface area contributed by atoms with Crippen molar-refractivity contribution in [1.82, 2.24) is 6.15 Å².